The molecule has 124 valence electrons. The first-order valence-electron chi connectivity index (χ1n) is 8.85. The molecule has 3 heteroatoms. The van der Waals surface area contributed by atoms with Crippen molar-refractivity contribution < 1.29 is 4.79 Å². The molecule has 1 aliphatic rings. The fourth-order valence-corrected chi connectivity index (χ4v) is 3.06. The summed E-state index contributed by atoms with van der Waals surface area (Å²) < 4.78 is 0. The van der Waals surface area contributed by atoms with Gasteiger partial charge in [0.15, 0.2) is 0 Å². The zero-order valence-electron chi connectivity index (χ0n) is 14.8. The van der Waals surface area contributed by atoms with E-state index in [-0.39, 0.29) is 12.0 Å². The van der Waals surface area contributed by atoms with Crippen LogP contribution in [0, 0.1) is 23.7 Å². The van der Waals surface area contributed by atoms with Gasteiger partial charge in [0, 0.05) is 25.0 Å². The molecule has 1 amide bonds. The third kappa shape index (κ3) is 6.37. The number of nitrogens with zero attached hydrogens (tertiary/aromatic N) is 1. The number of hydrogen-bond donors (Lipinski definition) is 1. The largest absolute Gasteiger partial charge is 0.342 e. The standard InChI is InChI=1S/C18H36N2O/c1-13(2)8-10-20(11-9-14(3)4)18(21)16-6-7-17(19)15(5)12-16/h13-17H,6-12,19H2,1-5H3. The van der Waals surface area contributed by atoms with Gasteiger partial charge in [-0.1, -0.05) is 34.6 Å². The molecule has 0 heterocycles. The van der Waals surface area contributed by atoms with Crippen molar-refractivity contribution in [2.45, 2.75) is 72.8 Å². The Hall–Kier alpha value is -0.570. The first-order chi connectivity index (χ1) is 9.81. The fourth-order valence-electron chi connectivity index (χ4n) is 3.06. The van der Waals surface area contributed by atoms with E-state index in [1.165, 1.54) is 0 Å². The summed E-state index contributed by atoms with van der Waals surface area (Å²) in [4.78, 5) is 15.0. The summed E-state index contributed by atoms with van der Waals surface area (Å²) in [7, 11) is 0. The van der Waals surface area contributed by atoms with Crippen LogP contribution in [-0.2, 0) is 4.79 Å². The summed E-state index contributed by atoms with van der Waals surface area (Å²) >= 11 is 0. The molecule has 0 aromatic rings. The highest BCUT2D eigenvalue weighted by Crippen LogP contribution is 2.29. The lowest BCUT2D eigenvalue weighted by molar-refractivity contribution is -0.137. The van der Waals surface area contributed by atoms with Crippen molar-refractivity contribution in [3.63, 3.8) is 0 Å². The van der Waals surface area contributed by atoms with Crippen LogP contribution in [0.4, 0.5) is 0 Å². The second-order valence-corrected chi connectivity index (χ2v) is 7.84. The minimum absolute atomic E-state index is 0.208. The Balaban J connectivity index is 2.60. The molecule has 1 saturated carbocycles. The highest BCUT2D eigenvalue weighted by atomic mass is 16.2. The predicted octanol–water partition coefficient (Wildman–Crippen LogP) is 3.67. The van der Waals surface area contributed by atoms with Crippen LogP contribution in [0.15, 0.2) is 0 Å². The number of carbonyl (C=O) groups excluding carboxylic acids is 1. The number of carbonyl (C=O) groups is 1. The molecule has 3 atom stereocenters. The second kappa shape index (κ2) is 8.77. The van der Waals surface area contributed by atoms with E-state index in [1.54, 1.807) is 0 Å². The van der Waals surface area contributed by atoms with Crippen molar-refractivity contribution in [2.24, 2.45) is 29.4 Å². The summed E-state index contributed by atoms with van der Waals surface area (Å²) in [6.45, 7) is 12.9. The molecule has 0 radical (unpaired) electrons. The maximum absolute atomic E-state index is 12.9. The van der Waals surface area contributed by atoms with Gasteiger partial charge in [-0.2, -0.15) is 0 Å². The van der Waals surface area contributed by atoms with Crippen LogP contribution in [0.25, 0.3) is 0 Å². The minimum Gasteiger partial charge on any atom is -0.342 e. The zero-order valence-corrected chi connectivity index (χ0v) is 14.8. The Morgan fingerprint density at radius 3 is 2.05 bits per heavy atom. The molecule has 2 N–H and O–H groups in total. The summed E-state index contributed by atoms with van der Waals surface area (Å²) in [6, 6.07) is 0.286. The van der Waals surface area contributed by atoms with Gasteiger partial charge in [-0.05, 0) is 49.9 Å². The lowest BCUT2D eigenvalue weighted by Gasteiger charge is -2.35. The van der Waals surface area contributed by atoms with Crippen LogP contribution in [0.2, 0.25) is 0 Å². The van der Waals surface area contributed by atoms with Gasteiger partial charge in [0.2, 0.25) is 5.91 Å². The quantitative estimate of drug-likeness (QED) is 0.779. The number of amides is 1. The first-order valence-corrected chi connectivity index (χ1v) is 8.85. The molecule has 0 saturated heterocycles. The Labute approximate surface area is 131 Å². The lowest BCUT2D eigenvalue weighted by atomic mass is 9.78. The molecule has 3 unspecified atom stereocenters. The van der Waals surface area contributed by atoms with Crippen LogP contribution in [0.1, 0.15) is 66.7 Å². The molecule has 0 spiro atoms. The van der Waals surface area contributed by atoms with Crippen molar-refractivity contribution in [3.8, 4) is 0 Å². The molecular weight excluding hydrogens is 260 g/mol. The van der Waals surface area contributed by atoms with Gasteiger partial charge in [-0.25, -0.2) is 0 Å². The van der Waals surface area contributed by atoms with Crippen LogP contribution >= 0.6 is 0 Å². The normalized spacial score (nSPS) is 26.4. The monoisotopic (exact) mass is 296 g/mol. The van der Waals surface area contributed by atoms with Gasteiger partial charge < -0.3 is 10.6 Å². The Bertz CT molecular complexity index is 302. The van der Waals surface area contributed by atoms with Crippen LogP contribution in [0.5, 0.6) is 0 Å². The van der Waals surface area contributed by atoms with Crippen molar-refractivity contribution in [2.75, 3.05) is 13.1 Å². The van der Waals surface area contributed by atoms with Crippen molar-refractivity contribution in [3.05, 3.63) is 0 Å². The average molecular weight is 296 g/mol. The third-order valence-corrected chi connectivity index (χ3v) is 4.85. The summed E-state index contributed by atoms with van der Waals surface area (Å²) in [5.74, 6) is 2.37. The van der Waals surface area contributed by atoms with Crippen molar-refractivity contribution in [1.82, 2.24) is 4.90 Å². The van der Waals surface area contributed by atoms with E-state index < -0.39 is 0 Å². The lowest BCUT2D eigenvalue weighted by Crippen LogP contribution is -2.43. The van der Waals surface area contributed by atoms with Crippen molar-refractivity contribution >= 4 is 5.91 Å². The third-order valence-electron chi connectivity index (χ3n) is 4.85. The zero-order chi connectivity index (χ0) is 16.0. The van der Waals surface area contributed by atoms with Gasteiger partial charge in [0.25, 0.3) is 0 Å². The molecule has 0 aromatic carbocycles. The minimum atomic E-state index is 0.208. The highest BCUT2D eigenvalue weighted by molar-refractivity contribution is 5.79. The topological polar surface area (TPSA) is 46.3 Å². The van der Waals surface area contributed by atoms with Gasteiger partial charge >= 0.3 is 0 Å². The number of rotatable bonds is 7. The van der Waals surface area contributed by atoms with Crippen LogP contribution in [-0.4, -0.2) is 29.9 Å². The van der Waals surface area contributed by atoms with Gasteiger partial charge in [0.05, 0.1) is 0 Å². The molecule has 0 aliphatic heterocycles. The summed E-state index contributed by atoms with van der Waals surface area (Å²) in [5.41, 5.74) is 6.09. The SMILES string of the molecule is CC(C)CCN(CCC(C)C)C(=O)C1CCC(N)C(C)C1. The van der Waals surface area contributed by atoms with Crippen LogP contribution in [0.3, 0.4) is 0 Å². The van der Waals surface area contributed by atoms with E-state index in [4.69, 9.17) is 5.73 Å². The highest BCUT2D eigenvalue weighted by Gasteiger charge is 2.31. The van der Waals surface area contributed by atoms with E-state index in [2.05, 4.69) is 39.5 Å². The van der Waals surface area contributed by atoms with Gasteiger partial charge in [0.1, 0.15) is 0 Å². The molecule has 0 aromatic heterocycles. The molecule has 21 heavy (non-hydrogen) atoms. The predicted molar refractivity (Wildman–Crippen MR) is 90.0 cm³/mol. The average Bonchev–Trinajstić information content (AvgIpc) is 2.40. The van der Waals surface area contributed by atoms with Crippen LogP contribution < -0.4 is 5.73 Å². The van der Waals surface area contributed by atoms with E-state index in [0.717, 1.165) is 45.2 Å². The van der Waals surface area contributed by atoms with Crippen molar-refractivity contribution in [1.29, 1.82) is 0 Å². The Kier molecular flexibility index (Phi) is 7.72. The maximum atomic E-state index is 12.9. The van der Waals surface area contributed by atoms with E-state index in [9.17, 15) is 4.79 Å². The second-order valence-electron chi connectivity index (χ2n) is 7.84. The first kappa shape index (κ1) is 18.5. The Morgan fingerprint density at radius 2 is 1.62 bits per heavy atom. The van der Waals surface area contributed by atoms with Gasteiger partial charge in [-0.15, -0.1) is 0 Å². The Morgan fingerprint density at radius 1 is 1.10 bits per heavy atom. The fraction of sp³-hybridized carbons (Fsp3) is 0.944. The van der Waals surface area contributed by atoms with Gasteiger partial charge in [-0.3, -0.25) is 4.79 Å². The molecule has 3 nitrogen and oxygen atoms in total. The smallest absolute Gasteiger partial charge is 0.225 e. The van der Waals surface area contributed by atoms with E-state index in [1.807, 2.05) is 0 Å². The molecule has 1 aliphatic carbocycles. The molecule has 1 rings (SSSR count). The number of hydrogen-bond acceptors (Lipinski definition) is 2. The summed E-state index contributed by atoms with van der Waals surface area (Å²) in [5, 5.41) is 0. The van der Waals surface area contributed by atoms with E-state index in [0.29, 0.717) is 23.7 Å². The molecule has 1 fully saturated rings. The number of nitrogens with two attached hydrogens (primary N) is 1. The molecular formula is C18H36N2O. The van der Waals surface area contributed by atoms with E-state index >= 15 is 0 Å². The summed E-state index contributed by atoms with van der Waals surface area (Å²) in [6.07, 6.45) is 5.15. The maximum Gasteiger partial charge on any atom is 0.225 e. The molecule has 0 bridgehead atoms.